The maximum Gasteiger partial charge on any atom is 0.253 e. The first-order valence-electron chi connectivity index (χ1n) is 7.74. The standard InChI is InChI=1S/C18H16N4OS/c23-18(14-3-1-13(2-4-14)15-5-8-24-12-15)22-10-16(11-22)21-17-9-19-6-7-20-17/h1-9,12,16H,10-11H2,(H,20,21). The number of nitrogens with zero attached hydrogens (tertiary/aromatic N) is 3. The fraction of sp³-hybridized carbons (Fsp3) is 0.167. The average molecular weight is 336 g/mol. The van der Waals surface area contributed by atoms with Crippen LogP contribution >= 0.6 is 11.3 Å². The molecule has 3 heterocycles. The van der Waals surface area contributed by atoms with E-state index >= 15 is 0 Å². The fourth-order valence-corrected chi connectivity index (χ4v) is 3.40. The Hall–Kier alpha value is -2.73. The van der Waals surface area contributed by atoms with Gasteiger partial charge in [0.25, 0.3) is 5.91 Å². The van der Waals surface area contributed by atoms with Gasteiger partial charge in [0.05, 0.1) is 12.2 Å². The number of benzene rings is 1. The van der Waals surface area contributed by atoms with Crippen molar-refractivity contribution in [3.05, 3.63) is 65.2 Å². The zero-order valence-corrected chi connectivity index (χ0v) is 13.7. The van der Waals surface area contributed by atoms with E-state index in [1.165, 1.54) is 5.56 Å². The van der Waals surface area contributed by atoms with Crippen LogP contribution in [-0.4, -0.2) is 39.9 Å². The van der Waals surface area contributed by atoms with Crippen molar-refractivity contribution in [2.45, 2.75) is 6.04 Å². The summed E-state index contributed by atoms with van der Waals surface area (Å²) in [5.41, 5.74) is 3.06. The highest BCUT2D eigenvalue weighted by molar-refractivity contribution is 7.08. The van der Waals surface area contributed by atoms with Gasteiger partial charge in [-0.05, 0) is 40.1 Å². The van der Waals surface area contributed by atoms with Crippen LogP contribution in [0.1, 0.15) is 10.4 Å². The van der Waals surface area contributed by atoms with Crippen LogP contribution in [0.5, 0.6) is 0 Å². The summed E-state index contributed by atoms with van der Waals surface area (Å²) in [5.74, 6) is 0.818. The maximum atomic E-state index is 12.5. The van der Waals surface area contributed by atoms with E-state index in [0.29, 0.717) is 13.1 Å². The monoisotopic (exact) mass is 336 g/mol. The van der Waals surface area contributed by atoms with Crippen molar-refractivity contribution in [1.82, 2.24) is 14.9 Å². The number of anilines is 1. The van der Waals surface area contributed by atoms with Crippen molar-refractivity contribution in [3.63, 3.8) is 0 Å². The van der Waals surface area contributed by atoms with Crippen LogP contribution < -0.4 is 5.32 Å². The Morgan fingerprint density at radius 2 is 1.96 bits per heavy atom. The lowest BCUT2D eigenvalue weighted by Crippen LogP contribution is -2.57. The number of hydrogen-bond donors (Lipinski definition) is 1. The van der Waals surface area contributed by atoms with Gasteiger partial charge in [-0.3, -0.25) is 9.78 Å². The van der Waals surface area contributed by atoms with Gasteiger partial charge in [-0.25, -0.2) is 4.98 Å². The SMILES string of the molecule is O=C(c1ccc(-c2ccsc2)cc1)N1CC(Nc2cnccn2)C1. The number of nitrogens with one attached hydrogen (secondary N) is 1. The molecule has 4 rings (SSSR count). The molecule has 0 aliphatic carbocycles. The molecule has 2 aromatic heterocycles. The van der Waals surface area contributed by atoms with Gasteiger partial charge in [0.1, 0.15) is 5.82 Å². The molecule has 0 bridgehead atoms. The number of carbonyl (C=O) groups excluding carboxylic acids is 1. The highest BCUT2D eigenvalue weighted by Crippen LogP contribution is 2.23. The van der Waals surface area contributed by atoms with Gasteiger partial charge in [-0.2, -0.15) is 11.3 Å². The molecule has 24 heavy (non-hydrogen) atoms. The predicted molar refractivity (Wildman–Crippen MR) is 95.1 cm³/mol. The number of rotatable bonds is 4. The first-order chi connectivity index (χ1) is 11.8. The second kappa shape index (κ2) is 6.41. The predicted octanol–water partition coefficient (Wildman–Crippen LogP) is 3.14. The third kappa shape index (κ3) is 3.00. The summed E-state index contributed by atoms with van der Waals surface area (Å²) in [4.78, 5) is 22.5. The van der Waals surface area contributed by atoms with Gasteiger partial charge >= 0.3 is 0 Å². The minimum absolute atomic E-state index is 0.0732. The normalized spacial score (nSPS) is 14.2. The second-order valence-electron chi connectivity index (χ2n) is 5.73. The van der Waals surface area contributed by atoms with Crippen molar-refractivity contribution >= 4 is 23.1 Å². The molecule has 6 heteroatoms. The number of hydrogen-bond acceptors (Lipinski definition) is 5. The first kappa shape index (κ1) is 14.8. The van der Waals surface area contributed by atoms with Gasteiger partial charge in [0, 0.05) is 31.0 Å². The summed E-state index contributed by atoms with van der Waals surface area (Å²) in [6.45, 7) is 1.36. The summed E-state index contributed by atoms with van der Waals surface area (Å²) < 4.78 is 0. The molecule has 0 radical (unpaired) electrons. The van der Waals surface area contributed by atoms with E-state index in [2.05, 4.69) is 32.1 Å². The van der Waals surface area contributed by atoms with Crippen LogP contribution in [0.2, 0.25) is 0 Å². The number of likely N-dealkylation sites (tertiary alicyclic amines) is 1. The lowest BCUT2D eigenvalue weighted by molar-refractivity contribution is 0.0625. The first-order valence-corrected chi connectivity index (χ1v) is 8.68. The van der Waals surface area contributed by atoms with Crippen molar-refractivity contribution in [2.75, 3.05) is 18.4 Å². The van der Waals surface area contributed by atoms with Crippen LogP contribution in [-0.2, 0) is 0 Å². The lowest BCUT2D eigenvalue weighted by atomic mass is 10.0. The van der Waals surface area contributed by atoms with Gasteiger partial charge < -0.3 is 10.2 Å². The minimum atomic E-state index is 0.0732. The Bertz CT molecular complexity index is 812. The summed E-state index contributed by atoms with van der Waals surface area (Å²) in [6, 6.07) is 10.1. The van der Waals surface area contributed by atoms with Gasteiger partial charge in [-0.15, -0.1) is 0 Å². The van der Waals surface area contributed by atoms with Crippen LogP contribution in [0, 0.1) is 0 Å². The van der Waals surface area contributed by atoms with Crippen LogP contribution in [0.25, 0.3) is 11.1 Å². The molecular weight excluding hydrogens is 320 g/mol. The van der Waals surface area contributed by atoms with Crippen molar-refractivity contribution in [1.29, 1.82) is 0 Å². The molecule has 1 saturated heterocycles. The molecule has 0 atom stereocenters. The summed E-state index contributed by atoms with van der Waals surface area (Å²) in [6.07, 6.45) is 4.98. The van der Waals surface area contributed by atoms with Crippen molar-refractivity contribution in [3.8, 4) is 11.1 Å². The molecule has 1 fully saturated rings. The number of carbonyl (C=O) groups is 1. The van der Waals surface area contributed by atoms with Crippen molar-refractivity contribution < 1.29 is 4.79 Å². The summed E-state index contributed by atoms with van der Waals surface area (Å²) in [5, 5.41) is 7.44. The molecule has 0 spiro atoms. The maximum absolute atomic E-state index is 12.5. The van der Waals surface area contributed by atoms with Crippen molar-refractivity contribution in [2.24, 2.45) is 0 Å². The van der Waals surface area contributed by atoms with Crippen LogP contribution in [0.3, 0.4) is 0 Å². The second-order valence-corrected chi connectivity index (χ2v) is 6.51. The van der Waals surface area contributed by atoms with E-state index in [9.17, 15) is 4.79 Å². The van der Waals surface area contributed by atoms with Gasteiger partial charge in [0.2, 0.25) is 0 Å². The third-order valence-electron chi connectivity index (χ3n) is 4.07. The molecule has 5 nitrogen and oxygen atoms in total. The zero-order chi connectivity index (χ0) is 16.4. The third-order valence-corrected chi connectivity index (χ3v) is 4.75. The molecule has 0 unspecified atom stereocenters. The van der Waals surface area contributed by atoms with E-state index in [1.807, 2.05) is 29.2 Å². The van der Waals surface area contributed by atoms with E-state index < -0.39 is 0 Å². The molecule has 120 valence electrons. The van der Waals surface area contributed by atoms with E-state index in [1.54, 1.807) is 29.9 Å². The van der Waals surface area contributed by atoms with Crippen LogP contribution in [0.4, 0.5) is 5.82 Å². The zero-order valence-electron chi connectivity index (χ0n) is 12.9. The fourth-order valence-electron chi connectivity index (χ4n) is 2.74. The highest BCUT2D eigenvalue weighted by Gasteiger charge is 2.31. The number of amides is 1. The molecule has 1 N–H and O–H groups in total. The molecule has 1 amide bonds. The average Bonchev–Trinajstić information content (AvgIpc) is 3.13. The number of aromatic nitrogens is 2. The van der Waals surface area contributed by atoms with E-state index in [-0.39, 0.29) is 11.9 Å². The molecule has 3 aromatic rings. The van der Waals surface area contributed by atoms with Gasteiger partial charge in [-0.1, -0.05) is 12.1 Å². The molecular formula is C18H16N4OS. The Labute approximate surface area is 144 Å². The quantitative estimate of drug-likeness (QED) is 0.795. The lowest BCUT2D eigenvalue weighted by Gasteiger charge is -2.39. The highest BCUT2D eigenvalue weighted by atomic mass is 32.1. The Kier molecular flexibility index (Phi) is 3.96. The summed E-state index contributed by atoms with van der Waals surface area (Å²) >= 11 is 1.67. The molecule has 1 aliphatic rings. The van der Waals surface area contributed by atoms with Gasteiger partial charge in [0.15, 0.2) is 0 Å². The van der Waals surface area contributed by atoms with E-state index in [4.69, 9.17) is 0 Å². The molecule has 1 aromatic carbocycles. The Morgan fingerprint density at radius 1 is 1.12 bits per heavy atom. The molecule has 1 aliphatic heterocycles. The Balaban J connectivity index is 1.35. The summed E-state index contributed by atoms with van der Waals surface area (Å²) in [7, 11) is 0. The topological polar surface area (TPSA) is 58.1 Å². The Morgan fingerprint density at radius 3 is 2.62 bits per heavy atom. The largest absolute Gasteiger partial charge is 0.362 e. The molecule has 0 saturated carbocycles. The van der Waals surface area contributed by atoms with E-state index in [0.717, 1.165) is 16.9 Å². The minimum Gasteiger partial charge on any atom is -0.362 e. The number of thiophene rings is 1. The smallest absolute Gasteiger partial charge is 0.253 e. The van der Waals surface area contributed by atoms with Crippen LogP contribution in [0.15, 0.2) is 59.7 Å².